The number of para-hydroxylation sites is 2. The van der Waals surface area contributed by atoms with Gasteiger partial charge in [0.25, 0.3) is 11.9 Å². The fourth-order valence-electron chi connectivity index (χ4n) is 4.12. The Bertz CT molecular complexity index is 1180. The highest BCUT2D eigenvalue weighted by Gasteiger charge is 2.29. The van der Waals surface area contributed by atoms with Crippen LogP contribution in [0.3, 0.4) is 0 Å². The molecule has 1 amide bonds. The van der Waals surface area contributed by atoms with E-state index in [-0.39, 0.29) is 11.9 Å². The second kappa shape index (κ2) is 7.86. The van der Waals surface area contributed by atoms with Gasteiger partial charge >= 0.3 is 0 Å². The van der Waals surface area contributed by atoms with E-state index < -0.39 is 0 Å². The van der Waals surface area contributed by atoms with Crippen LogP contribution in [0.15, 0.2) is 59.3 Å². The number of amides is 1. The molecule has 2 aromatic heterocycles. The van der Waals surface area contributed by atoms with Gasteiger partial charge in [0.2, 0.25) is 0 Å². The van der Waals surface area contributed by atoms with Crippen molar-refractivity contribution < 1.29 is 9.21 Å². The minimum absolute atomic E-state index is 0.0102. The fourth-order valence-corrected chi connectivity index (χ4v) is 4.12. The smallest absolute Gasteiger partial charge is 0.298 e. The molecule has 0 unspecified atom stereocenters. The lowest BCUT2D eigenvalue weighted by Crippen LogP contribution is -2.43. The quantitative estimate of drug-likeness (QED) is 0.509. The summed E-state index contributed by atoms with van der Waals surface area (Å²) >= 11 is 0. The molecule has 31 heavy (non-hydrogen) atoms. The largest absolute Gasteiger partial charge is 0.423 e. The van der Waals surface area contributed by atoms with Crippen molar-refractivity contribution in [2.45, 2.75) is 26.3 Å². The molecule has 158 valence electrons. The van der Waals surface area contributed by atoms with Crippen LogP contribution in [0.25, 0.3) is 16.8 Å². The third kappa shape index (κ3) is 3.65. The van der Waals surface area contributed by atoms with Gasteiger partial charge in [0.1, 0.15) is 5.52 Å². The van der Waals surface area contributed by atoms with E-state index in [1.165, 1.54) is 4.80 Å². The monoisotopic (exact) mass is 416 g/mol. The van der Waals surface area contributed by atoms with Gasteiger partial charge in [0.05, 0.1) is 23.6 Å². The van der Waals surface area contributed by atoms with E-state index in [0.717, 1.165) is 29.6 Å². The molecule has 2 aromatic carbocycles. The molecule has 1 atom stereocenters. The Hall–Kier alpha value is -3.68. The Morgan fingerprint density at radius 3 is 2.71 bits per heavy atom. The molecule has 0 bridgehead atoms. The number of nitrogens with zero attached hydrogens (tertiary/aromatic N) is 6. The summed E-state index contributed by atoms with van der Waals surface area (Å²) in [6.07, 6.45) is 4.05. The lowest BCUT2D eigenvalue weighted by Gasteiger charge is -2.29. The first-order valence-electron chi connectivity index (χ1n) is 10.5. The number of hydrogen-bond donors (Lipinski definition) is 0. The van der Waals surface area contributed by atoms with Crippen LogP contribution in [0, 0.1) is 6.92 Å². The maximum Gasteiger partial charge on any atom is 0.298 e. The van der Waals surface area contributed by atoms with Crippen molar-refractivity contribution in [3.63, 3.8) is 0 Å². The Balaban J connectivity index is 1.42. The van der Waals surface area contributed by atoms with E-state index in [9.17, 15) is 4.79 Å². The van der Waals surface area contributed by atoms with Gasteiger partial charge < -0.3 is 14.2 Å². The zero-order chi connectivity index (χ0) is 21.4. The lowest BCUT2D eigenvalue weighted by atomic mass is 10.1. The number of aryl methyl sites for hydroxylation is 1. The van der Waals surface area contributed by atoms with Gasteiger partial charge in [-0.05, 0) is 44.5 Å². The Kier molecular flexibility index (Phi) is 4.89. The highest BCUT2D eigenvalue weighted by molar-refractivity contribution is 5.98. The first kappa shape index (κ1) is 19.3. The van der Waals surface area contributed by atoms with Gasteiger partial charge in [-0.3, -0.25) is 4.79 Å². The van der Waals surface area contributed by atoms with Crippen molar-refractivity contribution in [3.05, 3.63) is 66.0 Å². The van der Waals surface area contributed by atoms with Crippen molar-refractivity contribution in [2.75, 3.05) is 24.5 Å². The number of carbonyl (C=O) groups excluding carboxylic acids is 1. The molecule has 1 fully saturated rings. The summed E-state index contributed by atoms with van der Waals surface area (Å²) < 4.78 is 5.97. The zero-order valence-electron chi connectivity index (χ0n) is 17.6. The molecular formula is C23H24N6O2. The maximum atomic E-state index is 13.6. The number of oxazole rings is 1. The number of fused-ring (bicyclic) bond motifs is 1. The molecule has 0 spiro atoms. The van der Waals surface area contributed by atoms with E-state index in [2.05, 4.69) is 27.0 Å². The summed E-state index contributed by atoms with van der Waals surface area (Å²) in [6.45, 7) is 6.15. The number of benzene rings is 2. The number of carbonyl (C=O) groups is 1. The molecule has 0 aliphatic carbocycles. The van der Waals surface area contributed by atoms with Crippen molar-refractivity contribution in [1.82, 2.24) is 24.9 Å². The van der Waals surface area contributed by atoms with Crippen LogP contribution in [0.2, 0.25) is 0 Å². The first-order valence-corrected chi connectivity index (χ1v) is 10.5. The Morgan fingerprint density at radius 1 is 1.10 bits per heavy atom. The van der Waals surface area contributed by atoms with E-state index in [4.69, 9.17) is 4.42 Å². The molecule has 1 saturated heterocycles. The Labute approximate surface area is 180 Å². The summed E-state index contributed by atoms with van der Waals surface area (Å²) in [5.74, 6) is -0.0112. The summed E-state index contributed by atoms with van der Waals surface area (Å²) in [5.41, 5.74) is 3.94. The molecule has 0 radical (unpaired) electrons. The van der Waals surface area contributed by atoms with Gasteiger partial charge in [-0.2, -0.15) is 20.0 Å². The predicted molar refractivity (Wildman–Crippen MR) is 117 cm³/mol. The van der Waals surface area contributed by atoms with Gasteiger partial charge in [-0.25, -0.2) is 0 Å². The Morgan fingerprint density at radius 2 is 1.90 bits per heavy atom. The molecule has 3 heterocycles. The molecule has 0 N–H and O–H groups in total. The molecule has 8 nitrogen and oxygen atoms in total. The second-order valence-electron chi connectivity index (χ2n) is 7.95. The first-order chi connectivity index (χ1) is 15.1. The van der Waals surface area contributed by atoms with Crippen LogP contribution in [0.5, 0.6) is 0 Å². The number of rotatable bonds is 3. The molecule has 4 aromatic rings. The molecule has 1 aliphatic heterocycles. The highest BCUT2D eigenvalue weighted by atomic mass is 16.4. The van der Waals surface area contributed by atoms with Crippen LogP contribution < -0.4 is 4.90 Å². The van der Waals surface area contributed by atoms with E-state index in [0.29, 0.717) is 30.4 Å². The highest BCUT2D eigenvalue weighted by Crippen LogP contribution is 2.25. The standard InChI is InChI=1S/C23H24N6O2/c1-16-8-9-20(29-24-10-11-25-29)18(14-16)22(30)28-13-5-12-27(15-17(28)2)23-26-19-6-3-4-7-21(19)31-23/h3-4,6-11,14,17H,5,12-13,15H2,1-2H3/t17-/m0/s1. The fraction of sp³-hybridized carbons (Fsp3) is 0.304. The van der Waals surface area contributed by atoms with Gasteiger partial charge in [-0.15, -0.1) is 0 Å². The molecule has 1 aliphatic rings. The number of aromatic nitrogens is 4. The van der Waals surface area contributed by atoms with Crippen molar-refractivity contribution in [1.29, 1.82) is 0 Å². The van der Waals surface area contributed by atoms with Crippen LogP contribution in [0.4, 0.5) is 6.01 Å². The molecular weight excluding hydrogens is 392 g/mol. The molecule has 5 rings (SSSR count). The maximum absolute atomic E-state index is 13.6. The van der Waals surface area contributed by atoms with Crippen LogP contribution in [-0.4, -0.2) is 56.5 Å². The third-order valence-corrected chi connectivity index (χ3v) is 5.67. The van der Waals surface area contributed by atoms with E-state index in [1.807, 2.05) is 54.3 Å². The average molecular weight is 416 g/mol. The molecule has 0 saturated carbocycles. The molecule has 8 heteroatoms. The van der Waals surface area contributed by atoms with Gasteiger partial charge in [0.15, 0.2) is 5.58 Å². The van der Waals surface area contributed by atoms with Crippen LogP contribution in [0.1, 0.15) is 29.3 Å². The summed E-state index contributed by atoms with van der Waals surface area (Å²) in [6, 6.07) is 14.1. The number of hydrogen-bond acceptors (Lipinski definition) is 6. The van der Waals surface area contributed by atoms with Crippen molar-refractivity contribution >= 4 is 23.0 Å². The minimum Gasteiger partial charge on any atom is -0.423 e. The minimum atomic E-state index is -0.0112. The van der Waals surface area contributed by atoms with Crippen LogP contribution in [-0.2, 0) is 0 Å². The van der Waals surface area contributed by atoms with Crippen molar-refractivity contribution in [2.24, 2.45) is 0 Å². The lowest BCUT2D eigenvalue weighted by molar-refractivity contribution is 0.0708. The summed E-state index contributed by atoms with van der Waals surface area (Å²) in [7, 11) is 0. The summed E-state index contributed by atoms with van der Waals surface area (Å²) in [4.78, 5) is 23.8. The topological polar surface area (TPSA) is 80.3 Å². The van der Waals surface area contributed by atoms with Crippen LogP contribution >= 0.6 is 0 Å². The summed E-state index contributed by atoms with van der Waals surface area (Å²) in [5, 5.41) is 8.44. The SMILES string of the molecule is Cc1ccc(-n2nccn2)c(C(=O)N2CCCN(c3nc4ccccc4o3)C[C@@H]2C)c1. The van der Waals surface area contributed by atoms with E-state index in [1.54, 1.807) is 12.4 Å². The number of anilines is 1. The third-order valence-electron chi connectivity index (χ3n) is 5.67. The van der Waals surface area contributed by atoms with E-state index >= 15 is 0 Å². The predicted octanol–water partition coefficient (Wildman–Crippen LogP) is 3.46. The van der Waals surface area contributed by atoms with Gasteiger partial charge in [-0.1, -0.05) is 23.8 Å². The van der Waals surface area contributed by atoms with Crippen molar-refractivity contribution in [3.8, 4) is 5.69 Å². The average Bonchev–Trinajstić information content (AvgIpc) is 3.41. The zero-order valence-corrected chi connectivity index (χ0v) is 17.6. The van der Waals surface area contributed by atoms with Gasteiger partial charge in [0, 0.05) is 25.7 Å². The normalized spacial score (nSPS) is 17.2. The second-order valence-corrected chi connectivity index (χ2v) is 7.95.